The van der Waals surface area contributed by atoms with E-state index in [4.69, 9.17) is 4.74 Å². The Morgan fingerprint density at radius 1 is 1.24 bits per heavy atom. The Balaban J connectivity index is 2.10. The number of nitrogens with zero attached hydrogens (tertiary/aromatic N) is 4. The summed E-state index contributed by atoms with van der Waals surface area (Å²) < 4.78 is 6.80. The van der Waals surface area contributed by atoms with Crippen LogP contribution in [0, 0.1) is 0 Å². The number of carbonyl (C=O) groups excluding carboxylic acids is 1. The summed E-state index contributed by atoms with van der Waals surface area (Å²) in [6.45, 7) is 5.85. The molecule has 112 valence electrons. The molecule has 1 heterocycles. The van der Waals surface area contributed by atoms with Gasteiger partial charge in [0.1, 0.15) is 5.75 Å². The van der Waals surface area contributed by atoms with E-state index in [-0.39, 0.29) is 17.1 Å². The Hall–Kier alpha value is -1.89. The van der Waals surface area contributed by atoms with Gasteiger partial charge in [-0.2, -0.15) is 0 Å². The highest BCUT2D eigenvalue weighted by Gasteiger charge is 2.20. The van der Waals surface area contributed by atoms with Crippen molar-refractivity contribution >= 4 is 17.5 Å². The lowest BCUT2D eigenvalue weighted by atomic mass is 10.1. The molecular weight excluding hydrogens is 288 g/mol. The van der Waals surface area contributed by atoms with Crippen molar-refractivity contribution in [1.82, 2.24) is 20.2 Å². The topological polar surface area (TPSA) is 69.9 Å². The molecule has 2 rings (SSSR count). The molecule has 0 unspecified atom stereocenters. The first-order chi connectivity index (χ1) is 10.0. The molecule has 21 heavy (non-hydrogen) atoms. The van der Waals surface area contributed by atoms with Crippen LogP contribution in [-0.4, -0.2) is 38.4 Å². The summed E-state index contributed by atoms with van der Waals surface area (Å²) in [5.74, 6) is 0.775. The molecule has 0 fully saturated rings. The van der Waals surface area contributed by atoms with Gasteiger partial charge in [-0.15, -0.1) is 5.10 Å². The number of carbonyl (C=O) groups is 1. The number of rotatable bonds is 6. The number of tetrazole rings is 1. The van der Waals surface area contributed by atoms with E-state index >= 15 is 0 Å². The molecule has 0 aliphatic heterocycles. The Labute approximate surface area is 127 Å². The lowest BCUT2D eigenvalue weighted by Crippen LogP contribution is -2.15. The average Bonchev–Trinajstić information content (AvgIpc) is 2.95. The first-order valence-corrected chi connectivity index (χ1v) is 7.53. The van der Waals surface area contributed by atoms with E-state index in [0.717, 1.165) is 5.75 Å². The molecule has 0 saturated heterocycles. The number of ketones is 1. The highest BCUT2D eigenvalue weighted by molar-refractivity contribution is 8.00. The van der Waals surface area contributed by atoms with Crippen molar-refractivity contribution in [3.63, 3.8) is 0 Å². The zero-order valence-electron chi connectivity index (χ0n) is 12.5. The first-order valence-electron chi connectivity index (χ1n) is 6.65. The molecule has 1 atom stereocenters. The van der Waals surface area contributed by atoms with Crippen molar-refractivity contribution < 1.29 is 9.53 Å². The Morgan fingerprint density at radius 3 is 2.48 bits per heavy atom. The fourth-order valence-electron chi connectivity index (χ4n) is 1.79. The van der Waals surface area contributed by atoms with Crippen LogP contribution in [0.2, 0.25) is 0 Å². The fraction of sp³-hybridized carbons (Fsp3) is 0.429. The van der Waals surface area contributed by atoms with Crippen LogP contribution in [0.5, 0.6) is 5.75 Å². The number of benzene rings is 1. The monoisotopic (exact) mass is 306 g/mol. The molecule has 0 bridgehead atoms. The SMILES string of the molecule is COc1ccc(C(=O)[C@H](C)Sc2nnnn2C(C)C)cc1. The lowest BCUT2D eigenvalue weighted by Gasteiger charge is -2.12. The molecule has 0 N–H and O–H groups in total. The molecule has 2 aromatic rings. The van der Waals surface area contributed by atoms with Gasteiger partial charge < -0.3 is 4.74 Å². The standard InChI is InChI=1S/C14H18N4O2S/c1-9(2)18-14(15-16-17-18)21-10(3)13(19)11-5-7-12(20-4)8-6-11/h5-10H,1-4H3/t10-/m0/s1. The molecule has 0 saturated carbocycles. The van der Waals surface area contributed by atoms with Crippen molar-refractivity contribution in [2.24, 2.45) is 0 Å². The summed E-state index contributed by atoms with van der Waals surface area (Å²) in [7, 11) is 1.60. The molecule has 0 radical (unpaired) electrons. The van der Waals surface area contributed by atoms with Crippen LogP contribution in [0.15, 0.2) is 29.4 Å². The maximum Gasteiger partial charge on any atom is 0.210 e. The third-order valence-electron chi connectivity index (χ3n) is 2.98. The van der Waals surface area contributed by atoms with Gasteiger partial charge in [-0.1, -0.05) is 11.8 Å². The number of ether oxygens (including phenoxy) is 1. The minimum atomic E-state index is -0.262. The second kappa shape index (κ2) is 6.71. The van der Waals surface area contributed by atoms with Crippen molar-refractivity contribution in [3.05, 3.63) is 29.8 Å². The van der Waals surface area contributed by atoms with E-state index in [1.165, 1.54) is 11.8 Å². The molecule has 0 aliphatic rings. The molecule has 0 aliphatic carbocycles. The number of thioether (sulfide) groups is 1. The largest absolute Gasteiger partial charge is 0.497 e. The predicted octanol–water partition coefficient (Wildman–Crippen LogP) is 2.63. The quantitative estimate of drug-likeness (QED) is 0.603. The smallest absolute Gasteiger partial charge is 0.210 e. The summed E-state index contributed by atoms with van der Waals surface area (Å²) in [5, 5.41) is 12.0. The van der Waals surface area contributed by atoms with E-state index in [2.05, 4.69) is 15.5 Å². The molecule has 7 heteroatoms. The van der Waals surface area contributed by atoms with Gasteiger partial charge in [-0.25, -0.2) is 4.68 Å². The third kappa shape index (κ3) is 3.60. The summed E-state index contributed by atoms with van der Waals surface area (Å²) in [5.41, 5.74) is 0.652. The van der Waals surface area contributed by atoms with E-state index in [9.17, 15) is 4.79 Å². The zero-order chi connectivity index (χ0) is 15.4. The molecular formula is C14H18N4O2S. The summed E-state index contributed by atoms with van der Waals surface area (Å²) >= 11 is 1.36. The van der Waals surface area contributed by atoms with Crippen molar-refractivity contribution in [1.29, 1.82) is 0 Å². The maximum atomic E-state index is 12.4. The second-order valence-electron chi connectivity index (χ2n) is 4.85. The van der Waals surface area contributed by atoms with Crippen LogP contribution in [-0.2, 0) is 0 Å². The Bertz CT molecular complexity index is 610. The van der Waals surface area contributed by atoms with E-state index in [0.29, 0.717) is 10.7 Å². The summed E-state index contributed by atoms with van der Waals surface area (Å²) in [4.78, 5) is 12.4. The number of hydrogen-bond donors (Lipinski definition) is 0. The number of hydrogen-bond acceptors (Lipinski definition) is 6. The van der Waals surface area contributed by atoms with Gasteiger partial charge in [0.2, 0.25) is 5.16 Å². The Morgan fingerprint density at radius 2 is 1.90 bits per heavy atom. The van der Waals surface area contributed by atoms with Crippen LogP contribution in [0.1, 0.15) is 37.2 Å². The average molecular weight is 306 g/mol. The Kier molecular flexibility index (Phi) is 4.95. The van der Waals surface area contributed by atoms with Gasteiger partial charge in [-0.3, -0.25) is 4.79 Å². The van der Waals surface area contributed by atoms with Crippen LogP contribution < -0.4 is 4.74 Å². The molecule has 6 nitrogen and oxygen atoms in total. The second-order valence-corrected chi connectivity index (χ2v) is 6.16. The van der Waals surface area contributed by atoms with Crippen LogP contribution >= 0.6 is 11.8 Å². The predicted molar refractivity (Wildman–Crippen MR) is 80.8 cm³/mol. The summed E-state index contributed by atoms with van der Waals surface area (Å²) in [6.07, 6.45) is 0. The number of aromatic nitrogens is 4. The van der Waals surface area contributed by atoms with Crippen LogP contribution in [0.25, 0.3) is 0 Å². The third-order valence-corrected chi connectivity index (χ3v) is 4.02. The molecule has 1 aromatic heterocycles. The van der Waals surface area contributed by atoms with Crippen molar-refractivity contribution in [2.45, 2.75) is 37.2 Å². The highest BCUT2D eigenvalue weighted by atomic mass is 32.2. The fourth-order valence-corrected chi connectivity index (χ4v) is 2.79. The number of Topliss-reactive ketones (excluding diaryl/α,β-unsaturated/α-hetero) is 1. The van der Waals surface area contributed by atoms with Gasteiger partial charge >= 0.3 is 0 Å². The van der Waals surface area contributed by atoms with Gasteiger partial charge in [-0.05, 0) is 55.5 Å². The summed E-state index contributed by atoms with van der Waals surface area (Å²) in [6, 6.07) is 7.25. The lowest BCUT2D eigenvalue weighted by molar-refractivity contribution is 0.0993. The zero-order valence-corrected chi connectivity index (χ0v) is 13.3. The number of methoxy groups -OCH3 is 1. The first kappa shape index (κ1) is 15.5. The van der Waals surface area contributed by atoms with Crippen LogP contribution in [0.3, 0.4) is 0 Å². The van der Waals surface area contributed by atoms with Crippen molar-refractivity contribution in [2.75, 3.05) is 7.11 Å². The maximum absolute atomic E-state index is 12.4. The van der Waals surface area contributed by atoms with E-state index < -0.39 is 0 Å². The molecule has 0 amide bonds. The highest BCUT2D eigenvalue weighted by Crippen LogP contribution is 2.25. The van der Waals surface area contributed by atoms with Gasteiger partial charge in [0.05, 0.1) is 18.4 Å². The van der Waals surface area contributed by atoms with Crippen molar-refractivity contribution in [3.8, 4) is 5.75 Å². The van der Waals surface area contributed by atoms with Gasteiger partial charge in [0.15, 0.2) is 5.78 Å². The minimum absolute atomic E-state index is 0.0426. The van der Waals surface area contributed by atoms with E-state index in [1.54, 1.807) is 36.1 Å². The van der Waals surface area contributed by atoms with Gasteiger partial charge in [0.25, 0.3) is 0 Å². The van der Waals surface area contributed by atoms with Crippen LogP contribution in [0.4, 0.5) is 0 Å². The normalized spacial score (nSPS) is 12.4. The molecule has 1 aromatic carbocycles. The minimum Gasteiger partial charge on any atom is -0.497 e. The molecule has 0 spiro atoms. The van der Waals surface area contributed by atoms with E-state index in [1.807, 2.05) is 20.8 Å². The van der Waals surface area contributed by atoms with Gasteiger partial charge in [0, 0.05) is 5.56 Å².